The fraction of sp³-hybridized carbons (Fsp3) is 1.00. The maximum atomic E-state index is 13.7. The summed E-state index contributed by atoms with van der Waals surface area (Å²) in [4.78, 5) is 0. The van der Waals surface area contributed by atoms with Gasteiger partial charge in [-0.2, -0.15) is 0 Å². The van der Waals surface area contributed by atoms with Crippen molar-refractivity contribution in [2.24, 2.45) is 0 Å². The van der Waals surface area contributed by atoms with Crippen molar-refractivity contribution in [2.75, 3.05) is 20.8 Å². The molecule has 0 aliphatic carbocycles. The van der Waals surface area contributed by atoms with Gasteiger partial charge in [-0.1, -0.05) is 20.8 Å². The number of phosphoric acid groups is 1. The van der Waals surface area contributed by atoms with Gasteiger partial charge < -0.3 is 0 Å². The largest absolute Gasteiger partial charge is 0.474 e. The lowest BCUT2D eigenvalue weighted by atomic mass is 10.2. The zero-order chi connectivity index (χ0) is 13.7. The van der Waals surface area contributed by atoms with Crippen molar-refractivity contribution in [1.29, 1.82) is 0 Å². The topological polar surface area (TPSA) is 44.8 Å². The van der Waals surface area contributed by atoms with Crippen LogP contribution in [-0.4, -0.2) is 29.6 Å². The monoisotopic (exact) mass is 290 g/mol. The SMILES string of the molecule is COP(=O)(OC)OCCC[Si](F)(F)C(C)(C)C. The lowest BCUT2D eigenvalue weighted by Gasteiger charge is -2.27. The molecule has 0 aromatic rings. The fourth-order valence-corrected chi connectivity index (χ4v) is 3.08. The summed E-state index contributed by atoms with van der Waals surface area (Å²) in [6.45, 7) is 4.55. The van der Waals surface area contributed by atoms with Crippen LogP contribution < -0.4 is 0 Å². The molecule has 0 heterocycles. The van der Waals surface area contributed by atoms with Gasteiger partial charge in [0, 0.05) is 25.3 Å². The molecule has 17 heavy (non-hydrogen) atoms. The van der Waals surface area contributed by atoms with E-state index in [9.17, 15) is 12.8 Å². The van der Waals surface area contributed by atoms with Crippen LogP contribution in [0.25, 0.3) is 0 Å². The van der Waals surface area contributed by atoms with E-state index in [1.165, 1.54) is 35.0 Å². The van der Waals surface area contributed by atoms with Crippen LogP contribution in [0, 0.1) is 0 Å². The predicted octanol–water partition coefficient (Wildman–Crippen LogP) is 3.98. The van der Waals surface area contributed by atoms with Crippen LogP contribution in [0.4, 0.5) is 8.22 Å². The van der Waals surface area contributed by atoms with Crippen molar-refractivity contribution in [1.82, 2.24) is 0 Å². The quantitative estimate of drug-likeness (QED) is 0.308. The van der Waals surface area contributed by atoms with Gasteiger partial charge >= 0.3 is 16.6 Å². The molecule has 0 radical (unpaired) electrons. The molecule has 0 spiro atoms. The van der Waals surface area contributed by atoms with E-state index >= 15 is 0 Å². The van der Waals surface area contributed by atoms with E-state index in [2.05, 4.69) is 9.05 Å². The molecule has 0 aromatic carbocycles. The first-order valence-electron chi connectivity index (χ1n) is 5.32. The highest BCUT2D eigenvalue weighted by molar-refractivity contribution is 7.48. The highest BCUT2D eigenvalue weighted by Crippen LogP contribution is 2.48. The molecule has 0 atom stereocenters. The predicted molar refractivity (Wildman–Crippen MR) is 64.7 cm³/mol. The van der Waals surface area contributed by atoms with Crippen LogP contribution in [0.3, 0.4) is 0 Å². The molecular formula is C9H21F2O4PSi. The first-order chi connectivity index (χ1) is 7.58. The summed E-state index contributed by atoms with van der Waals surface area (Å²) in [7, 11) is -5.44. The average molecular weight is 290 g/mol. The van der Waals surface area contributed by atoms with Gasteiger partial charge in [0.1, 0.15) is 0 Å². The molecule has 0 amide bonds. The van der Waals surface area contributed by atoms with Gasteiger partial charge in [-0.05, 0) is 6.42 Å². The number of halogens is 2. The molecule has 0 rings (SSSR count). The number of phosphoric ester groups is 1. The Morgan fingerprint density at radius 3 is 2.00 bits per heavy atom. The molecular weight excluding hydrogens is 269 g/mol. The maximum absolute atomic E-state index is 13.7. The van der Waals surface area contributed by atoms with Crippen LogP contribution in [0.1, 0.15) is 27.2 Å². The Kier molecular flexibility index (Phi) is 6.45. The second kappa shape index (κ2) is 6.38. The summed E-state index contributed by atoms with van der Waals surface area (Å²) in [6.07, 6.45) is 0.146. The summed E-state index contributed by atoms with van der Waals surface area (Å²) in [5, 5.41) is -0.959. The Morgan fingerprint density at radius 1 is 1.18 bits per heavy atom. The Hall–Kier alpha value is 0.187. The molecule has 8 heteroatoms. The maximum Gasteiger partial charge on any atom is 0.474 e. The van der Waals surface area contributed by atoms with Gasteiger partial charge in [0.15, 0.2) is 0 Å². The lowest BCUT2D eigenvalue weighted by molar-refractivity contribution is 0.151. The Bertz CT molecular complexity index is 273. The van der Waals surface area contributed by atoms with E-state index in [0.717, 1.165) is 0 Å². The first-order valence-corrected chi connectivity index (χ1v) is 8.74. The van der Waals surface area contributed by atoms with E-state index in [0.29, 0.717) is 0 Å². The molecule has 0 saturated heterocycles. The van der Waals surface area contributed by atoms with Crippen molar-refractivity contribution < 1.29 is 26.4 Å². The first kappa shape index (κ1) is 17.2. The van der Waals surface area contributed by atoms with E-state index < -0.39 is 21.6 Å². The summed E-state index contributed by atoms with van der Waals surface area (Å²) in [5.41, 5.74) is 0. The third-order valence-corrected chi connectivity index (χ3v) is 7.00. The summed E-state index contributed by atoms with van der Waals surface area (Å²) in [6, 6.07) is -0.191. The zero-order valence-corrected chi connectivity index (χ0v) is 12.9. The summed E-state index contributed by atoms with van der Waals surface area (Å²) >= 11 is 0. The van der Waals surface area contributed by atoms with E-state index in [-0.39, 0.29) is 19.1 Å². The molecule has 0 aromatic heterocycles. The van der Waals surface area contributed by atoms with Gasteiger partial charge in [0.2, 0.25) is 0 Å². The van der Waals surface area contributed by atoms with Gasteiger partial charge in [-0.3, -0.25) is 21.8 Å². The highest BCUT2D eigenvalue weighted by Gasteiger charge is 2.47. The second-order valence-corrected chi connectivity index (χ2v) is 10.00. The molecule has 0 bridgehead atoms. The standard InChI is InChI=1S/C9H21F2O4PSi/c1-9(2,3)17(10,11)8-6-7-15-16(12,13-4)14-5/h6-8H2,1-5H3. The Balaban J connectivity index is 4.06. The smallest absolute Gasteiger partial charge is 0.290 e. The Labute approximate surface area is 103 Å². The second-order valence-electron chi connectivity index (χ2n) is 4.70. The normalized spacial score (nSPS) is 14.1. The van der Waals surface area contributed by atoms with Crippen LogP contribution in [0.2, 0.25) is 11.1 Å². The van der Waals surface area contributed by atoms with Crippen molar-refractivity contribution >= 4 is 16.6 Å². The minimum absolute atomic E-state index is 0.0579. The minimum atomic E-state index is -4.27. The summed E-state index contributed by atoms with van der Waals surface area (Å²) < 4.78 is 52.6. The molecule has 4 nitrogen and oxygen atoms in total. The zero-order valence-electron chi connectivity index (χ0n) is 11.0. The molecule has 0 N–H and O–H groups in total. The van der Waals surface area contributed by atoms with Crippen LogP contribution in [-0.2, 0) is 18.1 Å². The van der Waals surface area contributed by atoms with Crippen LogP contribution in [0.15, 0.2) is 0 Å². The fourth-order valence-electron chi connectivity index (χ4n) is 1.03. The summed E-state index contributed by atoms with van der Waals surface area (Å²) in [5.74, 6) is 0. The van der Waals surface area contributed by atoms with E-state index in [1.54, 1.807) is 0 Å². The van der Waals surface area contributed by atoms with Gasteiger partial charge in [-0.15, -0.1) is 0 Å². The Morgan fingerprint density at radius 2 is 1.65 bits per heavy atom. The lowest BCUT2D eigenvalue weighted by Crippen LogP contribution is -2.34. The third-order valence-electron chi connectivity index (χ3n) is 2.43. The van der Waals surface area contributed by atoms with Crippen LogP contribution >= 0.6 is 7.82 Å². The molecule has 0 fully saturated rings. The molecule has 104 valence electrons. The van der Waals surface area contributed by atoms with Gasteiger partial charge in [0.05, 0.1) is 6.61 Å². The highest BCUT2D eigenvalue weighted by atomic mass is 31.2. The van der Waals surface area contributed by atoms with Gasteiger partial charge in [0.25, 0.3) is 0 Å². The molecule has 0 aliphatic heterocycles. The van der Waals surface area contributed by atoms with Crippen molar-refractivity contribution in [3.8, 4) is 0 Å². The molecule has 0 saturated carbocycles. The molecule has 0 aliphatic rings. The van der Waals surface area contributed by atoms with Crippen molar-refractivity contribution in [2.45, 2.75) is 38.3 Å². The van der Waals surface area contributed by atoms with Gasteiger partial charge in [-0.25, -0.2) is 4.57 Å². The number of hydrogen-bond acceptors (Lipinski definition) is 4. The van der Waals surface area contributed by atoms with E-state index in [4.69, 9.17) is 4.52 Å². The molecule has 0 unspecified atom stereocenters. The third kappa shape index (κ3) is 5.57. The van der Waals surface area contributed by atoms with Crippen LogP contribution in [0.5, 0.6) is 0 Å². The van der Waals surface area contributed by atoms with Crippen molar-refractivity contribution in [3.63, 3.8) is 0 Å². The number of rotatable bonds is 7. The van der Waals surface area contributed by atoms with Crippen molar-refractivity contribution in [3.05, 3.63) is 0 Å². The number of hydrogen-bond donors (Lipinski definition) is 0. The average Bonchev–Trinajstić information content (AvgIpc) is 2.22. The minimum Gasteiger partial charge on any atom is -0.290 e. The van der Waals surface area contributed by atoms with E-state index in [1.807, 2.05) is 0 Å².